The summed E-state index contributed by atoms with van der Waals surface area (Å²) in [6, 6.07) is 3.28. The highest BCUT2D eigenvalue weighted by Gasteiger charge is 2.42. The van der Waals surface area contributed by atoms with Gasteiger partial charge in [-0.15, -0.1) is 0 Å². The number of hydrogen-bond donors (Lipinski definition) is 1. The lowest BCUT2D eigenvalue weighted by Gasteiger charge is -2.20. The number of hydrogen-bond acceptors (Lipinski definition) is 2. The number of aromatic nitrogens is 2. The van der Waals surface area contributed by atoms with E-state index in [1.807, 2.05) is 0 Å². The number of benzene rings is 1. The van der Waals surface area contributed by atoms with E-state index in [2.05, 4.69) is 9.94 Å². The third kappa shape index (κ3) is 2.68. The molecule has 4 nitrogen and oxygen atoms in total. The minimum absolute atomic E-state index is 0.0332. The molecule has 1 aromatic heterocycles. The molecule has 1 aliphatic rings. The molecule has 1 aliphatic carbocycles. The molecule has 3 rings (SSSR count). The molecule has 8 heteroatoms. The third-order valence-corrected chi connectivity index (χ3v) is 3.76. The molecule has 0 radical (unpaired) electrons. The summed E-state index contributed by atoms with van der Waals surface area (Å²) in [5.74, 6) is -0.734. The second kappa shape index (κ2) is 5.35. The fourth-order valence-electron chi connectivity index (χ4n) is 2.83. The molecular weight excluding hydrogens is 314 g/mol. The standard InChI is InChI=1S/C15H11F4N3O/c1-20-9-5-8(16)6-10(7-9)22-11-3-2-4-12(23)13(11)14(21-22)15(17,18)19/h5-7,12,23H,2-4H2. The van der Waals surface area contributed by atoms with Gasteiger partial charge in [-0.25, -0.2) is 13.9 Å². The molecule has 0 amide bonds. The maximum absolute atomic E-state index is 13.6. The van der Waals surface area contributed by atoms with Crippen LogP contribution in [-0.4, -0.2) is 14.9 Å². The van der Waals surface area contributed by atoms with E-state index in [9.17, 15) is 22.7 Å². The Hall–Kier alpha value is -2.40. The van der Waals surface area contributed by atoms with Gasteiger partial charge in [0.1, 0.15) is 5.82 Å². The molecule has 0 spiro atoms. The van der Waals surface area contributed by atoms with Gasteiger partial charge in [0.15, 0.2) is 11.4 Å². The largest absolute Gasteiger partial charge is 0.435 e. The van der Waals surface area contributed by atoms with Crippen molar-refractivity contribution in [2.75, 3.05) is 0 Å². The second-order valence-electron chi connectivity index (χ2n) is 5.31. The monoisotopic (exact) mass is 325 g/mol. The molecule has 0 saturated heterocycles. The number of aliphatic hydroxyl groups excluding tert-OH is 1. The van der Waals surface area contributed by atoms with Crippen molar-refractivity contribution in [1.29, 1.82) is 0 Å². The van der Waals surface area contributed by atoms with Gasteiger partial charge < -0.3 is 5.11 Å². The van der Waals surface area contributed by atoms with Crippen LogP contribution in [0.2, 0.25) is 0 Å². The van der Waals surface area contributed by atoms with E-state index in [0.29, 0.717) is 12.8 Å². The number of nitrogens with zero attached hydrogens (tertiary/aromatic N) is 3. The quantitative estimate of drug-likeness (QED) is 0.637. The number of alkyl halides is 3. The first-order valence-electron chi connectivity index (χ1n) is 6.86. The van der Waals surface area contributed by atoms with Gasteiger partial charge in [-0.3, -0.25) is 0 Å². The van der Waals surface area contributed by atoms with Crippen molar-refractivity contribution in [3.05, 3.63) is 52.4 Å². The summed E-state index contributed by atoms with van der Waals surface area (Å²) < 4.78 is 54.2. The lowest BCUT2D eigenvalue weighted by molar-refractivity contribution is -0.143. The highest BCUT2D eigenvalue weighted by molar-refractivity contribution is 5.53. The van der Waals surface area contributed by atoms with Gasteiger partial charge in [-0.1, -0.05) is 0 Å². The first kappa shape index (κ1) is 15.5. The van der Waals surface area contributed by atoms with Crippen LogP contribution in [0, 0.1) is 12.4 Å². The molecule has 1 N–H and O–H groups in total. The lowest BCUT2D eigenvalue weighted by Crippen LogP contribution is -2.15. The van der Waals surface area contributed by atoms with Crippen LogP contribution in [0.1, 0.15) is 35.9 Å². The van der Waals surface area contributed by atoms with Crippen LogP contribution in [0.25, 0.3) is 10.5 Å². The third-order valence-electron chi connectivity index (χ3n) is 3.76. The fourth-order valence-corrected chi connectivity index (χ4v) is 2.83. The summed E-state index contributed by atoms with van der Waals surface area (Å²) >= 11 is 0. The molecule has 0 bridgehead atoms. The molecule has 0 aliphatic heterocycles. The Labute approximate surface area is 128 Å². The maximum atomic E-state index is 13.6. The van der Waals surface area contributed by atoms with E-state index in [1.54, 1.807) is 0 Å². The maximum Gasteiger partial charge on any atom is 0.435 e. The molecule has 1 unspecified atom stereocenters. The predicted octanol–water partition coefficient (Wildman–Crippen LogP) is 3.95. The summed E-state index contributed by atoms with van der Waals surface area (Å²) in [7, 11) is 0. The van der Waals surface area contributed by atoms with Crippen LogP contribution in [0.5, 0.6) is 0 Å². The second-order valence-corrected chi connectivity index (χ2v) is 5.31. The van der Waals surface area contributed by atoms with Crippen molar-refractivity contribution >= 4 is 5.69 Å². The van der Waals surface area contributed by atoms with Gasteiger partial charge in [-0.2, -0.15) is 18.3 Å². The van der Waals surface area contributed by atoms with E-state index in [1.165, 1.54) is 6.07 Å². The zero-order valence-electron chi connectivity index (χ0n) is 11.7. The molecule has 0 fully saturated rings. The van der Waals surface area contributed by atoms with Crippen molar-refractivity contribution in [2.24, 2.45) is 0 Å². The Kier molecular flexibility index (Phi) is 3.60. The predicted molar refractivity (Wildman–Crippen MR) is 72.7 cm³/mol. The molecule has 120 valence electrons. The lowest BCUT2D eigenvalue weighted by atomic mass is 9.92. The van der Waals surface area contributed by atoms with Crippen LogP contribution in [0.3, 0.4) is 0 Å². The molecule has 2 aromatic rings. The summed E-state index contributed by atoms with van der Waals surface area (Å²) in [6.07, 6.45) is -4.96. The Morgan fingerprint density at radius 3 is 2.70 bits per heavy atom. The Morgan fingerprint density at radius 2 is 2.04 bits per heavy atom. The number of fused-ring (bicyclic) bond motifs is 1. The van der Waals surface area contributed by atoms with E-state index in [-0.39, 0.29) is 29.1 Å². The van der Waals surface area contributed by atoms with Gasteiger partial charge in [0.05, 0.1) is 24.1 Å². The molecule has 1 heterocycles. The average Bonchev–Trinajstić information content (AvgIpc) is 2.87. The minimum Gasteiger partial charge on any atom is -0.388 e. The zero-order valence-corrected chi connectivity index (χ0v) is 11.7. The van der Waals surface area contributed by atoms with Crippen LogP contribution in [-0.2, 0) is 12.6 Å². The first-order chi connectivity index (χ1) is 10.8. The normalized spacial score (nSPS) is 17.7. The van der Waals surface area contributed by atoms with Gasteiger partial charge >= 0.3 is 6.18 Å². The van der Waals surface area contributed by atoms with Crippen molar-refractivity contribution in [3.63, 3.8) is 0 Å². The summed E-state index contributed by atoms with van der Waals surface area (Å²) in [5.41, 5.74) is -1.20. The minimum atomic E-state index is -4.72. The summed E-state index contributed by atoms with van der Waals surface area (Å²) in [4.78, 5) is 3.10. The van der Waals surface area contributed by atoms with Gasteiger partial charge in [0, 0.05) is 5.56 Å². The molecular formula is C15H11F4N3O. The van der Waals surface area contributed by atoms with Gasteiger partial charge in [0.25, 0.3) is 0 Å². The van der Waals surface area contributed by atoms with Gasteiger partial charge in [0.2, 0.25) is 0 Å². The zero-order chi connectivity index (χ0) is 16.8. The van der Waals surface area contributed by atoms with Crippen LogP contribution in [0.15, 0.2) is 18.2 Å². The topological polar surface area (TPSA) is 42.4 Å². The highest BCUT2D eigenvalue weighted by Crippen LogP contribution is 2.41. The van der Waals surface area contributed by atoms with E-state index < -0.39 is 23.8 Å². The van der Waals surface area contributed by atoms with E-state index in [4.69, 9.17) is 6.57 Å². The average molecular weight is 325 g/mol. The Bertz CT molecular complexity index is 804. The summed E-state index contributed by atoms with van der Waals surface area (Å²) in [6.45, 7) is 6.93. The van der Waals surface area contributed by atoms with Crippen molar-refractivity contribution in [3.8, 4) is 5.69 Å². The number of aliphatic hydroxyl groups is 1. The Morgan fingerprint density at radius 1 is 1.30 bits per heavy atom. The molecule has 1 aromatic carbocycles. The smallest absolute Gasteiger partial charge is 0.388 e. The Balaban J connectivity index is 2.26. The SMILES string of the molecule is [C-]#[N+]c1cc(F)cc(-n2nc(C(F)(F)F)c3c2CCCC3O)c1. The summed E-state index contributed by atoms with van der Waals surface area (Å²) in [5, 5.41) is 13.5. The number of rotatable bonds is 1. The van der Waals surface area contributed by atoms with Crippen LogP contribution in [0.4, 0.5) is 23.2 Å². The van der Waals surface area contributed by atoms with Crippen molar-refractivity contribution in [2.45, 2.75) is 31.5 Å². The fraction of sp³-hybridized carbons (Fsp3) is 0.333. The van der Waals surface area contributed by atoms with Gasteiger partial charge in [-0.05, 0) is 37.5 Å². The number of halogens is 4. The van der Waals surface area contributed by atoms with Crippen molar-refractivity contribution in [1.82, 2.24) is 9.78 Å². The van der Waals surface area contributed by atoms with E-state index in [0.717, 1.165) is 16.8 Å². The van der Waals surface area contributed by atoms with Crippen LogP contribution >= 0.6 is 0 Å². The van der Waals surface area contributed by atoms with E-state index >= 15 is 0 Å². The van der Waals surface area contributed by atoms with Crippen molar-refractivity contribution < 1.29 is 22.7 Å². The first-order valence-corrected chi connectivity index (χ1v) is 6.86. The highest BCUT2D eigenvalue weighted by atomic mass is 19.4. The van der Waals surface area contributed by atoms with Crippen LogP contribution < -0.4 is 0 Å². The molecule has 0 saturated carbocycles. The molecule has 23 heavy (non-hydrogen) atoms. The molecule has 1 atom stereocenters.